The third kappa shape index (κ3) is 2.92. The minimum atomic E-state index is -0.198. The Kier molecular flexibility index (Phi) is 4.02. The molecule has 6 heteroatoms. The number of benzene rings is 1. The van der Waals surface area contributed by atoms with Gasteiger partial charge in [-0.25, -0.2) is 0 Å². The van der Waals surface area contributed by atoms with Crippen molar-refractivity contribution in [2.24, 2.45) is 0 Å². The fraction of sp³-hybridized carbons (Fsp3) is 0.500. The summed E-state index contributed by atoms with van der Waals surface area (Å²) in [6.07, 6.45) is 0.303. The molecule has 0 radical (unpaired) electrons. The van der Waals surface area contributed by atoms with E-state index in [2.05, 4.69) is 4.90 Å². The van der Waals surface area contributed by atoms with Crippen LogP contribution in [0.25, 0.3) is 0 Å². The van der Waals surface area contributed by atoms with Gasteiger partial charge in [-0.05, 0) is 17.7 Å². The number of hydrogen-bond acceptors (Lipinski definition) is 4. The molecule has 0 aromatic heterocycles. The van der Waals surface area contributed by atoms with Gasteiger partial charge in [0.2, 0.25) is 11.8 Å². The van der Waals surface area contributed by atoms with Gasteiger partial charge in [0.1, 0.15) is 11.8 Å². The number of aromatic hydroxyl groups is 1. The van der Waals surface area contributed by atoms with Crippen molar-refractivity contribution in [2.45, 2.75) is 12.5 Å². The third-order valence-electron chi connectivity index (χ3n) is 4.52. The lowest BCUT2D eigenvalue weighted by molar-refractivity contribution is -0.147. The van der Waals surface area contributed by atoms with Crippen LogP contribution in [0.1, 0.15) is 5.56 Å². The summed E-state index contributed by atoms with van der Waals surface area (Å²) >= 11 is 0. The lowest BCUT2D eigenvalue weighted by Gasteiger charge is -2.45. The lowest BCUT2D eigenvalue weighted by Crippen LogP contribution is -2.64. The van der Waals surface area contributed by atoms with Gasteiger partial charge in [-0.1, -0.05) is 12.1 Å². The molecule has 0 spiro atoms. The van der Waals surface area contributed by atoms with Crippen molar-refractivity contribution in [1.29, 1.82) is 0 Å². The van der Waals surface area contributed by atoms with E-state index in [0.29, 0.717) is 19.5 Å². The largest absolute Gasteiger partial charge is 0.508 e. The second kappa shape index (κ2) is 5.96. The molecule has 6 nitrogen and oxygen atoms in total. The maximum atomic E-state index is 12.4. The highest BCUT2D eigenvalue weighted by molar-refractivity contribution is 5.85. The number of carbonyl (C=O) groups is 2. The molecule has 1 N–H and O–H groups in total. The first-order chi connectivity index (χ1) is 10.5. The van der Waals surface area contributed by atoms with Gasteiger partial charge in [0.25, 0.3) is 0 Å². The first kappa shape index (κ1) is 14.8. The first-order valence-corrected chi connectivity index (χ1v) is 7.59. The molecule has 1 unspecified atom stereocenters. The number of rotatable bonds is 2. The number of amides is 2. The van der Waals surface area contributed by atoms with E-state index in [1.165, 1.54) is 0 Å². The van der Waals surface area contributed by atoms with Crippen LogP contribution in [0.15, 0.2) is 24.3 Å². The van der Waals surface area contributed by atoms with Crippen molar-refractivity contribution in [3.63, 3.8) is 0 Å². The highest BCUT2D eigenvalue weighted by atomic mass is 16.3. The molecule has 1 aromatic carbocycles. The number of nitrogens with zero attached hydrogens (tertiary/aromatic N) is 3. The van der Waals surface area contributed by atoms with Gasteiger partial charge in [0.15, 0.2) is 0 Å². The predicted octanol–water partition coefficient (Wildman–Crippen LogP) is -0.0805. The number of likely N-dealkylation sites (N-methyl/N-ethyl adjacent to an activating group) is 1. The number of carbonyl (C=O) groups excluding carboxylic acids is 2. The average Bonchev–Trinajstić information content (AvgIpc) is 2.53. The van der Waals surface area contributed by atoms with Crippen LogP contribution in [-0.2, 0) is 16.0 Å². The van der Waals surface area contributed by atoms with E-state index in [9.17, 15) is 14.7 Å². The van der Waals surface area contributed by atoms with E-state index >= 15 is 0 Å². The summed E-state index contributed by atoms with van der Waals surface area (Å²) in [6.45, 7) is 3.54. The zero-order valence-corrected chi connectivity index (χ0v) is 12.7. The Morgan fingerprint density at radius 1 is 1.18 bits per heavy atom. The highest BCUT2D eigenvalue weighted by Gasteiger charge is 2.38. The molecule has 22 heavy (non-hydrogen) atoms. The summed E-state index contributed by atoms with van der Waals surface area (Å²) in [5.41, 5.74) is 0.873. The van der Waals surface area contributed by atoms with Crippen molar-refractivity contribution in [1.82, 2.24) is 14.7 Å². The van der Waals surface area contributed by atoms with E-state index < -0.39 is 0 Å². The summed E-state index contributed by atoms with van der Waals surface area (Å²) in [4.78, 5) is 30.4. The quantitative estimate of drug-likeness (QED) is 0.830. The predicted molar refractivity (Wildman–Crippen MR) is 81.4 cm³/mol. The molecular weight excluding hydrogens is 282 g/mol. The molecule has 2 saturated heterocycles. The summed E-state index contributed by atoms with van der Waals surface area (Å²) in [6, 6.07) is 6.48. The molecule has 2 amide bonds. The smallest absolute Gasteiger partial charge is 0.241 e. The molecule has 2 fully saturated rings. The number of piperazine rings is 2. The van der Waals surface area contributed by atoms with Crippen LogP contribution in [0.3, 0.4) is 0 Å². The van der Waals surface area contributed by atoms with Gasteiger partial charge >= 0.3 is 0 Å². The molecule has 0 bridgehead atoms. The normalized spacial score (nSPS) is 22.6. The second-order valence-electron chi connectivity index (χ2n) is 5.99. The molecular formula is C16H21N3O3. The van der Waals surface area contributed by atoms with Crippen LogP contribution in [0, 0.1) is 0 Å². The van der Waals surface area contributed by atoms with Gasteiger partial charge in [-0.2, -0.15) is 0 Å². The molecule has 1 aromatic rings. The summed E-state index contributed by atoms with van der Waals surface area (Å²) < 4.78 is 0. The topological polar surface area (TPSA) is 64.1 Å². The Bertz CT molecular complexity index is 573. The minimum Gasteiger partial charge on any atom is -0.508 e. The van der Waals surface area contributed by atoms with Crippen molar-refractivity contribution in [3.8, 4) is 5.75 Å². The Morgan fingerprint density at radius 2 is 1.86 bits per heavy atom. The molecule has 0 saturated carbocycles. The monoisotopic (exact) mass is 303 g/mol. The van der Waals surface area contributed by atoms with E-state index in [1.54, 1.807) is 34.1 Å². The van der Waals surface area contributed by atoms with Crippen molar-refractivity contribution in [2.75, 3.05) is 39.8 Å². The number of phenolic OH excluding ortho intramolecular Hbond substituents is 1. The zero-order chi connectivity index (χ0) is 15.7. The van der Waals surface area contributed by atoms with Crippen LogP contribution >= 0.6 is 0 Å². The fourth-order valence-electron chi connectivity index (χ4n) is 3.09. The Balaban J connectivity index is 1.64. The van der Waals surface area contributed by atoms with E-state index in [4.69, 9.17) is 0 Å². The number of hydrogen-bond donors (Lipinski definition) is 1. The number of fused-ring (bicyclic) bond motifs is 1. The van der Waals surface area contributed by atoms with Gasteiger partial charge in [0.05, 0.1) is 6.42 Å². The Morgan fingerprint density at radius 3 is 2.59 bits per heavy atom. The SMILES string of the molecule is CN1CCN2CCN(C(=O)Cc3ccc(O)cc3)CC2C1=O. The van der Waals surface area contributed by atoms with E-state index in [1.807, 2.05) is 7.05 Å². The van der Waals surface area contributed by atoms with E-state index in [0.717, 1.165) is 25.2 Å². The minimum absolute atomic E-state index is 0.0337. The zero-order valence-electron chi connectivity index (χ0n) is 12.7. The highest BCUT2D eigenvalue weighted by Crippen LogP contribution is 2.17. The molecule has 2 heterocycles. The van der Waals surface area contributed by atoms with Crippen LogP contribution < -0.4 is 0 Å². The standard InChI is InChI=1S/C16H21N3O3/c1-17-6-7-18-8-9-19(11-14(18)16(17)22)15(21)10-12-2-4-13(20)5-3-12/h2-5,14,20H,6-11H2,1H3. The maximum absolute atomic E-state index is 12.4. The molecule has 1 atom stereocenters. The van der Waals surface area contributed by atoms with Gasteiger partial charge in [-0.3, -0.25) is 14.5 Å². The maximum Gasteiger partial charge on any atom is 0.241 e. The molecule has 3 rings (SSSR count). The third-order valence-corrected chi connectivity index (χ3v) is 4.52. The van der Waals surface area contributed by atoms with Gasteiger partial charge < -0.3 is 14.9 Å². The first-order valence-electron chi connectivity index (χ1n) is 7.59. The molecule has 0 aliphatic carbocycles. The van der Waals surface area contributed by atoms with Crippen molar-refractivity contribution < 1.29 is 14.7 Å². The number of phenols is 1. The lowest BCUT2D eigenvalue weighted by atomic mass is 10.1. The summed E-state index contributed by atoms with van der Waals surface area (Å²) in [5.74, 6) is 0.334. The van der Waals surface area contributed by atoms with Crippen LogP contribution in [0.2, 0.25) is 0 Å². The van der Waals surface area contributed by atoms with Crippen LogP contribution in [0.5, 0.6) is 5.75 Å². The van der Waals surface area contributed by atoms with E-state index in [-0.39, 0.29) is 23.6 Å². The van der Waals surface area contributed by atoms with Crippen molar-refractivity contribution >= 4 is 11.8 Å². The Labute approximate surface area is 129 Å². The van der Waals surface area contributed by atoms with Crippen molar-refractivity contribution in [3.05, 3.63) is 29.8 Å². The van der Waals surface area contributed by atoms with Crippen LogP contribution in [-0.4, -0.2) is 77.4 Å². The molecule has 2 aliphatic rings. The molecule has 118 valence electrons. The Hall–Kier alpha value is -2.08. The molecule has 2 aliphatic heterocycles. The average molecular weight is 303 g/mol. The van der Waals surface area contributed by atoms with Gasteiger partial charge in [0, 0.05) is 39.8 Å². The second-order valence-corrected chi connectivity index (χ2v) is 5.99. The van der Waals surface area contributed by atoms with Gasteiger partial charge in [-0.15, -0.1) is 0 Å². The summed E-state index contributed by atoms with van der Waals surface area (Å²) in [5, 5.41) is 9.28. The summed E-state index contributed by atoms with van der Waals surface area (Å²) in [7, 11) is 1.82. The van der Waals surface area contributed by atoms with Crippen LogP contribution in [0.4, 0.5) is 0 Å². The fourth-order valence-corrected chi connectivity index (χ4v) is 3.09.